The summed E-state index contributed by atoms with van der Waals surface area (Å²) in [6.45, 7) is 7.88. The molecule has 0 spiro atoms. The van der Waals surface area contributed by atoms with Crippen LogP contribution in [0.1, 0.15) is 66.9 Å². The summed E-state index contributed by atoms with van der Waals surface area (Å²) >= 11 is 6.20. The molecule has 7 nitrogen and oxygen atoms in total. The lowest BCUT2D eigenvalue weighted by Crippen LogP contribution is -2.45. The first-order valence-electron chi connectivity index (χ1n) is 16.6. The number of para-hydroxylation sites is 1. The van der Waals surface area contributed by atoms with Gasteiger partial charge in [-0.15, -0.1) is 0 Å². The van der Waals surface area contributed by atoms with Crippen LogP contribution in [0.3, 0.4) is 0 Å². The number of fused-ring (bicyclic) bond motifs is 3. The summed E-state index contributed by atoms with van der Waals surface area (Å²) in [5, 5.41) is 0.725. The van der Waals surface area contributed by atoms with Gasteiger partial charge >= 0.3 is 0 Å². The number of nitrogens with zero attached hydrogens (tertiary/aromatic N) is 4. The van der Waals surface area contributed by atoms with E-state index in [2.05, 4.69) is 21.9 Å². The average molecular weight is 629 g/mol. The Kier molecular flexibility index (Phi) is 10.4. The number of piperidine rings is 1. The van der Waals surface area contributed by atoms with Gasteiger partial charge in [-0.3, -0.25) is 19.4 Å². The second-order valence-corrected chi connectivity index (χ2v) is 13.2. The summed E-state index contributed by atoms with van der Waals surface area (Å²) in [5.74, 6) is 0.728. The summed E-state index contributed by atoms with van der Waals surface area (Å²) in [6.07, 6.45) is 6.74. The Hall–Kier alpha value is -3.39. The van der Waals surface area contributed by atoms with Gasteiger partial charge < -0.3 is 14.5 Å². The number of hydrogen-bond acceptors (Lipinski definition) is 5. The molecule has 3 aliphatic heterocycles. The van der Waals surface area contributed by atoms with Crippen molar-refractivity contribution in [1.82, 2.24) is 14.7 Å². The van der Waals surface area contributed by atoms with E-state index < -0.39 is 0 Å². The van der Waals surface area contributed by atoms with Gasteiger partial charge in [0.25, 0.3) is 5.91 Å². The van der Waals surface area contributed by atoms with Gasteiger partial charge in [-0.05, 0) is 92.7 Å². The molecule has 3 heterocycles. The van der Waals surface area contributed by atoms with Crippen LogP contribution >= 0.6 is 11.6 Å². The van der Waals surface area contributed by atoms with E-state index in [1.54, 1.807) is 6.92 Å². The molecule has 0 N–H and O–H groups in total. The lowest BCUT2D eigenvalue weighted by atomic mass is 10.1. The Morgan fingerprint density at radius 3 is 2.44 bits per heavy atom. The monoisotopic (exact) mass is 628 g/mol. The highest BCUT2D eigenvalue weighted by Gasteiger charge is 2.37. The molecule has 3 aromatic carbocycles. The third-order valence-electron chi connectivity index (χ3n) is 9.68. The molecule has 0 aromatic heterocycles. The summed E-state index contributed by atoms with van der Waals surface area (Å²) < 4.78 is 6.15. The van der Waals surface area contributed by atoms with Gasteiger partial charge in [-0.25, -0.2) is 0 Å². The lowest BCUT2D eigenvalue weighted by Gasteiger charge is -2.34. The number of rotatable bonds is 7. The third-order valence-corrected chi connectivity index (χ3v) is 9.94. The van der Waals surface area contributed by atoms with E-state index in [1.807, 2.05) is 70.5 Å². The van der Waals surface area contributed by atoms with Crippen LogP contribution < -0.4 is 9.64 Å². The molecule has 3 aromatic rings. The predicted molar refractivity (Wildman–Crippen MR) is 180 cm³/mol. The molecule has 0 saturated carbocycles. The van der Waals surface area contributed by atoms with Crippen LogP contribution in [0.4, 0.5) is 5.69 Å². The zero-order valence-electron chi connectivity index (χ0n) is 26.4. The highest BCUT2D eigenvalue weighted by molar-refractivity contribution is 6.30. The van der Waals surface area contributed by atoms with Crippen molar-refractivity contribution in [3.8, 4) is 5.75 Å². The first-order chi connectivity index (χ1) is 21.9. The average Bonchev–Trinajstić information content (AvgIpc) is 3.41. The molecule has 2 fully saturated rings. The molecule has 0 aliphatic carbocycles. The summed E-state index contributed by atoms with van der Waals surface area (Å²) in [5.41, 5.74) is 3.70. The molecule has 0 unspecified atom stereocenters. The summed E-state index contributed by atoms with van der Waals surface area (Å²) in [7, 11) is 0. The van der Waals surface area contributed by atoms with E-state index in [0.717, 1.165) is 67.5 Å². The van der Waals surface area contributed by atoms with Gasteiger partial charge in [0.15, 0.2) is 0 Å². The molecule has 238 valence electrons. The van der Waals surface area contributed by atoms with E-state index in [9.17, 15) is 9.59 Å². The van der Waals surface area contributed by atoms with E-state index in [0.29, 0.717) is 37.8 Å². The molecular formula is C37H45ClN4O3. The number of ether oxygens (including phenoxy) is 1. The van der Waals surface area contributed by atoms with Crippen LogP contribution in [-0.4, -0.2) is 77.9 Å². The van der Waals surface area contributed by atoms with E-state index in [1.165, 1.54) is 24.8 Å². The van der Waals surface area contributed by atoms with Crippen LogP contribution in [0.5, 0.6) is 5.75 Å². The van der Waals surface area contributed by atoms with Crippen molar-refractivity contribution in [2.24, 2.45) is 0 Å². The Morgan fingerprint density at radius 2 is 1.64 bits per heavy atom. The molecule has 3 aliphatic rings. The topological polar surface area (TPSA) is 56.3 Å². The first-order valence-corrected chi connectivity index (χ1v) is 16.9. The fourth-order valence-electron chi connectivity index (χ4n) is 7.27. The number of carbonyl (C=O) groups is 2. The number of anilines is 1. The normalized spacial score (nSPS) is 21.2. The number of carbonyl (C=O) groups excluding carboxylic acids is 2. The Labute approximate surface area is 272 Å². The molecule has 2 saturated heterocycles. The molecule has 45 heavy (non-hydrogen) atoms. The first kappa shape index (κ1) is 31.6. The maximum atomic E-state index is 14.4. The maximum Gasteiger partial charge on any atom is 0.254 e. The molecule has 2 bridgehead atoms. The number of amides is 2. The molecule has 8 heteroatoms. The Bertz CT molecular complexity index is 1460. The highest BCUT2D eigenvalue weighted by Crippen LogP contribution is 2.33. The van der Waals surface area contributed by atoms with Crippen LogP contribution in [0.2, 0.25) is 5.02 Å². The Balaban J connectivity index is 1.27. The zero-order valence-corrected chi connectivity index (χ0v) is 27.1. The van der Waals surface area contributed by atoms with Crippen molar-refractivity contribution < 1.29 is 14.3 Å². The fraction of sp³-hybridized carbons (Fsp3) is 0.459. The number of benzene rings is 3. The minimum Gasteiger partial charge on any atom is -0.492 e. The van der Waals surface area contributed by atoms with Gasteiger partial charge in [0.05, 0.1) is 0 Å². The van der Waals surface area contributed by atoms with Crippen molar-refractivity contribution in [3.63, 3.8) is 0 Å². The van der Waals surface area contributed by atoms with Crippen molar-refractivity contribution in [2.75, 3.05) is 44.2 Å². The summed E-state index contributed by atoms with van der Waals surface area (Å²) in [4.78, 5) is 36.2. The molecule has 6 rings (SSSR count). The molecule has 2 amide bonds. The van der Waals surface area contributed by atoms with Gasteiger partial charge in [-0.1, -0.05) is 54.4 Å². The van der Waals surface area contributed by atoms with Crippen molar-refractivity contribution in [2.45, 2.75) is 70.6 Å². The lowest BCUT2D eigenvalue weighted by molar-refractivity contribution is -0.116. The van der Waals surface area contributed by atoms with E-state index >= 15 is 0 Å². The van der Waals surface area contributed by atoms with Crippen LogP contribution in [0.25, 0.3) is 0 Å². The second-order valence-electron chi connectivity index (χ2n) is 12.7. The van der Waals surface area contributed by atoms with Crippen LogP contribution in [-0.2, 0) is 17.9 Å². The number of halogens is 1. The van der Waals surface area contributed by atoms with E-state index in [-0.39, 0.29) is 17.9 Å². The molecule has 0 radical (unpaired) electrons. The standard InChI is InChI=1S/C37H45ClN4O3/c1-28(43)41-21-18-33-16-17-34(42(33)25-29-12-14-32(38)15-13-29)27-40(26-31-8-3-4-11-36(31)41)37(44)30-9-7-10-35(24-30)45-23-22-39-19-5-2-6-20-39/h3-4,7-15,24,33-34H,2,5-6,16-23,25-27H2,1H3/t33-,34+/m1/s1. The van der Waals surface area contributed by atoms with Crippen molar-refractivity contribution >= 4 is 29.1 Å². The quantitative estimate of drug-likeness (QED) is 0.294. The number of hydrogen-bond donors (Lipinski definition) is 0. The van der Waals surface area contributed by atoms with Gasteiger partial charge in [0.1, 0.15) is 12.4 Å². The van der Waals surface area contributed by atoms with Gasteiger partial charge in [0, 0.05) is 68.0 Å². The van der Waals surface area contributed by atoms with E-state index in [4.69, 9.17) is 16.3 Å². The number of likely N-dealkylation sites (tertiary alicyclic amines) is 1. The van der Waals surface area contributed by atoms with Gasteiger partial charge in [-0.2, -0.15) is 0 Å². The molecule has 2 atom stereocenters. The summed E-state index contributed by atoms with van der Waals surface area (Å²) in [6, 6.07) is 24.2. The van der Waals surface area contributed by atoms with Crippen LogP contribution in [0.15, 0.2) is 72.8 Å². The second kappa shape index (κ2) is 14.8. The minimum atomic E-state index is -0.0187. The SMILES string of the molecule is CC(=O)N1CC[C@H]2CC[C@@H](CN(C(=O)c3cccc(OCCN4CCCCC4)c3)Cc3ccccc31)N2Cc1ccc(Cl)cc1. The third kappa shape index (κ3) is 7.89. The fourth-order valence-corrected chi connectivity index (χ4v) is 7.40. The zero-order chi connectivity index (χ0) is 31.2. The van der Waals surface area contributed by atoms with Crippen molar-refractivity contribution in [3.05, 3.63) is 94.5 Å². The predicted octanol–water partition coefficient (Wildman–Crippen LogP) is 6.64. The van der Waals surface area contributed by atoms with Gasteiger partial charge in [0.2, 0.25) is 5.91 Å². The highest BCUT2D eigenvalue weighted by atomic mass is 35.5. The Morgan fingerprint density at radius 1 is 0.867 bits per heavy atom. The maximum absolute atomic E-state index is 14.4. The smallest absolute Gasteiger partial charge is 0.254 e. The largest absolute Gasteiger partial charge is 0.492 e. The minimum absolute atomic E-state index is 0.0187. The van der Waals surface area contributed by atoms with Crippen LogP contribution in [0, 0.1) is 0 Å². The van der Waals surface area contributed by atoms with Crippen molar-refractivity contribution in [1.29, 1.82) is 0 Å². The molecular weight excluding hydrogens is 584 g/mol.